The molecule has 0 saturated carbocycles. The number of fused-ring (bicyclic) bond motifs is 1. The van der Waals surface area contributed by atoms with Gasteiger partial charge in [0.15, 0.2) is 0 Å². The topological polar surface area (TPSA) is 87.7 Å². The summed E-state index contributed by atoms with van der Waals surface area (Å²) in [6.45, 7) is 5.87. The quantitative estimate of drug-likeness (QED) is 0.608. The number of aromatic amines is 1. The molecule has 2 atom stereocenters. The number of halogens is 1. The van der Waals surface area contributed by atoms with E-state index in [0.29, 0.717) is 33.2 Å². The van der Waals surface area contributed by atoms with Crippen LogP contribution in [0.2, 0.25) is 5.02 Å². The summed E-state index contributed by atoms with van der Waals surface area (Å²) < 4.78 is 12.3. The van der Waals surface area contributed by atoms with Gasteiger partial charge >= 0.3 is 0 Å². The minimum Gasteiger partial charge on any atom is -0.347 e. The van der Waals surface area contributed by atoms with Crippen LogP contribution < -0.4 is 10.9 Å². The molecule has 8 heteroatoms. The van der Waals surface area contributed by atoms with E-state index in [-0.39, 0.29) is 11.6 Å². The van der Waals surface area contributed by atoms with Gasteiger partial charge in [-0.2, -0.15) is 0 Å². The summed E-state index contributed by atoms with van der Waals surface area (Å²) in [6, 6.07) is 8.42. The maximum atomic E-state index is 12.4. The second kappa shape index (κ2) is 8.19. The van der Waals surface area contributed by atoms with Crippen LogP contribution in [-0.2, 0) is 10.8 Å². The van der Waals surface area contributed by atoms with Crippen LogP contribution in [-0.4, -0.2) is 24.9 Å². The number of nitrogens with one attached hydrogen (secondary N) is 2. The number of anilines is 1. The normalized spacial score (nSPS) is 13.7. The van der Waals surface area contributed by atoms with Crippen molar-refractivity contribution in [2.24, 2.45) is 5.92 Å². The van der Waals surface area contributed by atoms with Gasteiger partial charge in [-0.3, -0.25) is 9.00 Å². The molecule has 2 aromatic heterocycles. The number of hydrogen-bond acceptors (Lipinski definition) is 5. The van der Waals surface area contributed by atoms with Gasteiger partial charge in [0.25, 0.3) is 5.56 Å². The Bertz CT molecular complexity index is 1050. The zero-order chi connectivity index (χ0) is 19.6. The molecule has 0 aliphatic rings. The molecule has 2 N–H and O–H groups in total. The highest BCUT2D eigenvalue weighted by molar-refractivity contribution is 7.84. The second-order valence-corrected chi connectivity index (χ2v) is 8.66. The molecule has 27 heavy (non-hydrogen) atoms. The molecule has 3 aromatic rings. The summed E-state index contributed by atoms with van der Waals surface area (Å²) in [5.74, 6) is 1.18. The Labute approximate surface area is 164 Å². The lowest BCUT2D eigenvalue weighted by Gasteiger charge is -2.15. The van der Waals surface area contributed by atoms with Crippen LogP contribution in [0.5, 0.6) is 0 Å². The van der Waals surface area contributed by atoms with Crippen molar-refractivity contribution in [1.29, 1.82) is 0 Å². The van der Waals surface area contributed by atoms with E-state index in [1.165, 1.54) is 0 Å². The Hall–Kier alpha value is -2.25. The van der Waals surface area contributed by atoms with E-state index >= 15 is 0 Å². The molecule has 0 spiro atoms. The van der Waals surface area contributed by atoms with Crippen LogP contribution in [0.4, 0.5) is 5.95 Å². The lowest BCUT2D eigenvalue weighted by atomic mass is 10.1. The zero-order valence-corrected chi connectivity index (χ0v) is 16.9. The molecule has 0 bridgehead atoms. The van der Waals surface area contributed by atoms with Crippen molar-refractivity contribution < 1.29 is 4.21 Å². The van der Waals surface area contributed by atoms with Gasteiger partial charge in [0.1, 0.15) is 5.03 Å². The Morgan fingerprint density at radius 2 is 2.00 bits per heavy atom. The van der Waals surface area contributed by atoms with Gasteiger partial charge in [-0.05, 0) is 43.2 Å². The van der Waals surface area contributed by atoms with Gasteiger partial charge in [0, 0.05) is 33.4 Å². The fourth-order valence-corrected chi connectivity index (χ4v) is 4.07. The second-order valence-electron chi connectivity index (χ2n) is 6.78. The summed E-state index contributed by atoms with van der Waals surface area (Å²) in [6.07, 6.45) is 1.57. The first-order valence-electron chi connectivity index (χ1n) is 8.64. The van der Waals surface area contributed by atoms with Gasteiger partial charge in [0.2, 0.25) is 5.95 Å². The number of H-pyrrole nitrogens is 1. The number of pyridine rings is 1. The summed E-state index contributed by atoms with van der Waals surface area (Å²) >= 11 is 6.05. The van der Waals surface area contributed by atoms with Crippen LogP contribution >= 0.6 is 11.6 Å². The molecule has 1 aromatic carbocycles. The Kier molecular flexibility index (Phi) is 5.92. The van der Waals surface area contributed by atoms with Gasteiger partial charge < -0.3 is 10.3 Å². The van der Waals surface area contributed by atoms with Crippen molar-refractivity contribution in [1.82, 2.24) is 15.0 Å². The maximum absolute atomic E-state index is 12.4. The smallest absolute Gasteiger partial charge is 0.253 e. The molecule has 0 aliphatic heterocycles. The molecule has 0 radical (unpaired) electrons. The average Bonchev–Trinajstić information content (AvgIpc) is 2.61. The molecule has 2 heterocycles. The third kappa shape index (κ3) is 4.73. The largest absolute Gasteiger partial charge is 0.347 e. The Morgan fingerprint density at radius 3 is 2.74 bits per heavy atom. The van der Waals surface area contributed by atoms with Crippen LogP contribution in [0, 0.1) is 5.92 Å². The number of aromatic nitrogens is 3. The first-order chi connectivity index (χ1) is 12.8. The maximum Gasteiger partial charge on any atom is 0.253 e. The van der Waals surface area contributed by atoms with Crippen molar-refractivity contribution in [3.8, 4) is 0 Å². The Morgan fingerprint density at radius 1 is 1.22 bits per heavy atom. The monoisotopic (exact) mass is 404 g/mol. The van der Waals surface area contributed by atoms with Crippen molar-refractivity contribution in [2.75, 3.05) is 11.1 Å². The van der Waals surface area contributed by atoms with Gasteiger partial charge in [-0.25, -0.2) is 9.97 Å². The molecule has 3 rings (SSSR count). The van der Waals surface area contributed by atoms with Crippen LogP contribution in [0.3, 0.4) is 0 Å². The minimum absolute atomic E-state index is 0.190. The highest BCUT2D eigenvalue weighted by Crippen LogP contribution is 2.21. The highest BCUT2D eigenvalue weighted by atomic mass is 35.5. The Balaban J connectivity index is 1.86. The summed E-state index contributed by atoms with van der Waals surface area (Å²) in [5, 5.41) is 5.04. The van der Waals surface area contributed by atoms with Gasteiger partial charge in [-0.15, -0.1) is 0 Å². The molecular formula is C19H21ClN4O2S. The summed E-state index contributed by atoms with van der Waals surface area (Å²) in [7, 11) is -1.18. The average molecular weight is 405 g/mol. The van der Waals surface area contributed by atoms with Crippen LogP contribution in [0.15, 0.2) is 46.3 Å². The fraction of sp³-hybridized carbons (Fsp3) is 0.316. The van der Waals surface area contributed by atoms with Gasteiger partial charge in [-0.1, -0.05) is 25.4 Å². The highest BCUT2D eigenvalue weighted by Gasteiger charge is 2.14. The molecule has 1 unspecified atom stereocenters. The number of hydrogen-bond donors (Lipinski definition) is 2. The lowest BCUT2D eigenvalue weighted by molar-refractivity contribution is 0.661. The van der Waals surface area contributed by atoms with E-state index in [1.807, 2.05) is 20.8 Å². The fourth-order valence-electron chi connectivity index (χ4n) is 2.71. The lowest BCUT2D eigenvalue weighted by Crippen LogP contribution is -2.20. The van der Waals surface area contributed by atoms with Crippen molar-refractivity contribution in [3.05, 3.63) is 57.5 Å². The first-order valence-corrected chi connectivity index (χ1v) is 10.3. The standard InChI is InChI=1S/C19H21ClN4O2S/c1-11(2)10-27(26)17-6-7-21-19(24-17)22-12(3)15-9-13-8-14(20)4-5-16(13)23-18(15)25/h4-9,11-12H,10H2,1-3H3,(H,23,25)(H,21,22,24)/t12-,27?/m0/s1. The van der Waals surface area contributed by atoms with Crippen molar-refractivity contribution >= 4 is 39.3 Å². The van der Waals surface area contributed by atoms with E-state index < -0.39 is 10.8 Å². The molecule has 6 nitrogen and oxygen atoms in total. The molecular weight excluding hydrogens is 384 g/mol. The van der Waals surface area contributed by atoms with Gasteiger partial charge in [0.05, 0.1) is 16.8 Å². The molecule has 0 saturated heterocycles. The minimum atomic E-state index is -1.18. The number of benzene rings is 1. The zero-order valence-electron chi connectivity index (χ0n) is 15.3. The van der Waals surface area contributed by atoms with Crippen molar-refractivity contribution in [3.63, 3.8) is 0 Å². The summed E-state index contributed by atoms with van der Waals surface area (Å²) in [4.78, 5) is 23.8. The van der Waals surface area contributed by atoms with E-state index in [9.17, 15) is 9.00 Å². The number of nitrogens with zero attached hydrogens (tertiary/aromatic N) is 2. The predicted octanol–water partition coefficient (Wildman–Crippen LogP) is 3.91. The molecule has 0 fully saturated rings. The van der Waals surface area contributed by atoms with Crippen molar-refractivity contribution in [2.45, 2.75) is 31.8 Å². The van der Waals surface area contributed by atoms with Crippen LogP contribution in [0.25, 0.3) is 10.9 Å². The van der Waals surface area contributed by atoms with E-state index in [0.717, 1.165) is 10.9 Å². The summed E-state index contributed by atoms with van der Waals surface area (Å²) in [5.41, 5.74) is 1.08. The third-order valence-corrected chi connectivity index (χ3v) is 5.89. The molecule has 0 amide bonds. The molecule has 142 valence electrons. The van der Waals surface area contributed by atoms with E-state index in [4.69, 9.17) is 11.6 Å². The third-order valence-electron chi connectivity index (χ3n) is 4.00. The van der Waals surface area contributed by atoms with E-state index in [2.05, 4.69) is 20.3 Å². The SMILES string of the molecule is CC(C)CS(=O)c1ccnc(N[C@@H](C)c2cc3cc(Cl)ccc3[nH]c2=O)n1. The first kappa shape index (κ1) is 19.5. The molecule has 0 aliphatic carbocycles. The van der Waals surface area contributed by atoms with Crippen LogP contribution in [0.1, 0.15) is 32.4 Å². The van der Waals surface area contributed by atoms with E-state index in [1.54, 1.807) is 36.5 Å². The predicted molar refractivity (Wildman–Crippen MR) is 110 cm³/mol. The number of rotatable bonds is 6.